The van der Waals surface area contributed by atoms with Gasteiger partial charge in [-0.05, 0) is 32.4 Å². The van der Waals surface area contributed by atoms with Crippen LogP contribution in [0.15, 0.2) is 29.3 Å². The Hall–Kier alpha value is -1.29. The van der Waals surface area contributed by atoms with Crippen molar-refractivity contribution < 1.29 is 0 Å². The lowest BCUT2D eigenvalue weighted by atomic mass is 10.3. The molecule has 0 spiro atoms. The fraction of sp³-hybridized carbons (Fsp3) is 0.462. The normalized spacial score (nSPS) is 11.3. The molecule has 0 amide bonds. The minimum Gasteiger partial charge on any atom is -0.297 e. The van der Waals surface area contributed by atoms with Gasteiger partial charge in [-0.3, -0.25) is 9.13 Å². The predicted octanol–water partition coefficient (Wildman–Crippen LogP) is 2.90. The summed E-state index contributed by atoms with van der Waals surface area (Å²) < 4.78 is 3.53. The van der Waals surface area contributed by atoms with Crippen molar-refractivity contribution in [2.45, 2.75) is 39.8 Å². The van der Waals surface area contributed by atoms with Crippen LogP contribution in [0.3, 0.4) is 0 Å². The van der Waals surface area contributed by atoms with Gasteiger partial charge in [0.1, 0.15) is 0 Å². The molecule has 0 aliphatic rings. The van der Waals surface area contributed by atoms with Gasteiger partial charge in [-0.2, -0.15) is 0 Å². The van der Waals surface area contributed by atoms with Gasteiger partial charge in [0.2, 0.25) is 0 Å². The molecule has 4 heteroatoms. The minimum atomic E-state index is 0.0754. The maximum atomic E-state index is 12.0. The van der Waals surface area contributed by atoms with Gasteiger partial charge in [0.25, 0.3) is 0 Å². The number of hydrogen-bond donors (Lipinski definition) is 0. The summed E-state index contributed by atoms with van der Waals surface area (Å²) in [6, 6.07) is 4.48. The Bertz CT molecular complexity index is 548. The van der Waals surface area contributed by atoms with E-state index in [0.717, 1.165) is 6.42 Å². The molecular weight excluding hydrogens is 232 g/mol. The molecule has 3 nitrogen and oxygen atoms in total. The van der Waals surface area contributed by atoms with E-state index in [4.69, 9.17) is 0 Å². The Morgan fingerprint density at radius 3 is 2.47 bits per heavy atom. The fourth-order valence-corrected chi connectivity index (χ4v) is 2.76. The number of thiophene rings is 1. The minimum absolute atomic E-state index is 0.0754. The van der Waals surface area contributed by atoms with Gasteiger partial charge in [-0.25, -0.2) is 4.79 Å². The summed E-state index contributed by atoms with van der Waals surface area (Å²) in [6.07, 6.45) is 4.79. The van der Waals surface area contributed by atoms with Crippen LogP contribution in [-0.4, -0.2) is 9.13 Å². The lowest BCUT2D eigenvalue weighted by molar-refractivity contribution is 0.562. The van der Waals surface area contributed by atoms with E-state index in [1.165, 1.54) is 9.75 Å². The fourth-order valence-electron chi connectivity index (χ4n) is 1.81. The Labute approximate surface area is 105 Å². The second kappa shape index (κ2) is 4.92. The molecule has 0 aliphatic carbocycles. The molecular formula is C13H18N2OS. The number of nitrogens with zero attached hydrogens (tertiary/aromatic N) is 2. The highest BCUT2D eigenvalue weighted by atomic mass is 32.1. The van der Waals surface area contributed by atoms with Gasteiger partial charge in [0.05, 0.1) is 6.54 Å². The zero-order valence-electron chi connectivity index (χ0n) is 10.5. The van der Waals surface area contributed by atoms with Gasteiger partial charge in [0, 0.05) is 28.2 Å². The highest BCUT2D eigenvalue weighted by Crippen LogP contribution is 2.17. The predicted molar refractivity (Wildman–Crippen MR) is 71.9 cm³/mol. The smallest absolute Gasteiger partial charge is 0.297 e. The van der Waals surface area contributed by atoms with Crippen molar-refractivity contribution >= 4 is 11.3 Å². The third-order valence-corrected chi connectivity index (χ3v) is 4.04. The molecule has 0 bridgehead atoms. The number of aryl methyl sites for hydroxylation is 1. The van der Waals surface area contributed by atoms with E-state index < -0.39 is 0 Å². The molecule has 2 heterocycles. The van der Waals surface area contributed by atoms with Crippen LogP contribution in [-0.2, 0) is 13.0 Å². The van der Waals surface area contributed by atoms with Gasteiger partial charge in [-0.15, -0.1) is 11.3 Å². The molecule has 0 atom stereocenters. The van der Waals surface area contributed by atoms with Crippen molar-refractivity contribution in [3.05, 3.63) is 44.8 Å². The van der Waals surface area contributed by atoms with E-state index >= 15 is 0 Å². The first kappa shape index (κ1) is 12.2. The largest absolute Gasteiger partial charge is 0.328 e. The van der Waals surface area contributed by atoms with Crippen LogP contribution in [0.2, 0.25) is 0 Å². The van der Waals surface area contributed by atoms with Crippen LogP contribution in [0.25, 0.3) is 0 Å². The average Bonchev–Trinajstić information content (AvgIpc) is 2.87. The molecule has 0 saturated heterocycles. The third kappa shape index (κ3) is 2.52. The summed E-state index contributed by atoms with van der Waals surface area (Å²) in [7, 11) is 0. The van der Waals surface area contributed by atoms with Crippen molar-refractivity contribution in [3.8, 4) is 0 Å². The van der Waals surface area contributed by atoms with Crippen molar-refractivity contribution in [1.29, 1.82) is 0 Å². The lowest BCUT2D eigenvalue weighted by Gasteiger charge is -2.04. The van der Waals surface area contributed by atoms with Crippen LogP contribution in [0, 0.1) is 0 Å². The van der Waals surface area contributed by atoms with Crippen molar-refractivity contribution in [1.82, 2.24) is 9.13 Å². The highest BCUT2D eigenvalue weighted by Gasteiger charge is 2.07. The van der Waals surface area contributed by atoms with E-state index in [0.29, 0.717) is 6.54 Å². The first-order valence-electron chi connectivity index (χ1n) is 5.96. The first-order valence-corrected chi connectivity index (χ1v) is 6.78. The lowest BCUT2D eigenvalue weighted by Crippen LogP contribution is -2.25. The standard InChI is InChI=1S/C13H18N2OS/c1-4-11-5-6-12(17-11)9-14-7-8-15(10(2)3)13(14)16/h5-8,10H,4,9H2,1-3H3. The second-order valence-electron chi connectivity index (χ2n) is 4.43. The summed E-state index contributed by atoms with van der Waals surface area (Å²) >= 11 is 1.79. The summed E-state index contributed by atoms with van der Waals surface area (Å²) in [4.78, 5) is 14.6. The molecule has 2 rings (SSSR count). The molecule has 2 aromatic heterocycles. The molecule has 0 aliphatic heterocycles. The highest BCUT2D eigenvalue weighted by molar-refractivity contribution is 7.11. The molecule has 0 unspecified atom stereocenters. The SMILES string of the molecule is CCc1ccc(Cn2ccn(C(C)C)c2=O)s1. The quantitative estimate of drug-likeness (QED) is 0.819. The van der Waals surface area contributed by atoms with Crippen LogP contribution in [0.5, 0.6) is 0 Å². The summed E-state index contributed by atoms with van der Waals surface area (Å²) in [5, 5.41) is 0. The van der Waals surface area contributed by atoms with Crippen LogP contribution >= 0.6 is 11.3 Å². The van der Waals surface area contributed by atoms with E-state index in [9.17, 15) is 4.79 Å². The molecule has 0 saturated carbocycles. The number of aromatic nitrogens is 2. The molecule has 2 aromatic rings. The van der Waals surface area contributed by atoms with E-state index in [1.807, 2.05) is 26.2 Å². The van der Waals surface area contributed by atoms with Gasteiger partial charge < -0.3 is 0 Å². The number of hydrogen-bond acceptors (Lipinski definition) is 2. The Morgan fingerprint density at radius 2 is 1.94 bits per heavy atom. The molecule has 0 N–H and O–H groups in total. The van der Waals surface area contributed by atoms with Crippen LogP contribution in [0.4, 0.5) is 0 Å². The third-order valence-electron chi connectivity index (χ3n) is 2.82. The Balaban J connectivity index is 2.22. The average molecular weight is 250 g/mol. The zero-order chi connectivity index (χ0) is 12.4. The Morgan fingerprint density at radius 1 is 1.24 bits per heavy atom. The first-order chi connectivity index (χ1) is 8.11. The molecule has 0 aromatic carbocycles. The summed E-state index contributed by atoms with van der Waals surface area (Å²) in [5.74, 6) is 0. The maximum absolute atomic E-state index is 12.0. The number of rotatable bonds is 4. The van der Waals surface area contributed by atoms with Crippen LogP contribution in [0.1, 0.15) is 36.6 Å². The van der Waals surface area contributed by atoms with E-state index in [1.54, 1.807) is 20.5 Å². The molecule has 17 heavy (non-hydrogen) atoms. The number of imidazole rings is 1. The summed E-state index contributed by atoms with van der Waals surface area (Å²) in [6.45, 7) is 6.87. The molecule has 92 valence electrons. The van der Waals surface area contributed by atoms with Crippen molar-refractivity contribution in [2.75, 3.05) is 0 Å². The van der Waals surface area contributed by atoms with Gasteiger partial charge >= 0.3 is 5.69 Å². The van der Waals surface area contributed by atoms with Gasteiger partial charge in [0.15, 0.2) is 0 Å². The monoisotopic (exact) mass is 250 g/mol. The van der Waals surface area contributed by atoms with Crippen molar-refractivity contribution in [3.63, 3.8) is 0 Å². The Kier molecular flexibility index (Phi) is 3.52. The second-order valence-corrected chi connectivity index (χ2v) is 5.68. The van der Waals surface area contributed by atoms with Gasteiger partial charge in [-0.1, -0.05) is 6.92 Å². The van der Waals surface area contributed by atoms with Crippen molar-refractivity contribution in [2.24, 2.45) is 0 Å². The maximum Gasteiger partial charge on any atom is 0.328 e. The molecule has 0 fully saturated rings. The van der Waals surface area contributed by atoms with E-state index in [-0.39, 0.29) is 11.7 Å². The zero-order valence-corrected chi connectivity index (χ0v) is 11.3. The molecule has 0 radical (unpaired) electrons. The van der Waals surface area contributed by atoms with Crippen LogP contribution < -0.4 is 5.69 Å². The van der Waals surface area contributed by atoms with E-state index in [2.05, 4.69) is 19.1 Å². The summed E-state index contributed by atoms with van der Waals surface area (Å²) in [5.41, 5.74) is 0.0754. The topological polar surface area (TPSA) is 26.9 Å².